The van der Waals surface area contributed by atoms with E-state index >= 15 is 0 Å². The lowest BCUT2D eigenvalue weighted by Gasteiger charge is -2.15. The van der Waals surface area contributed by atoms with Gasteiger partial charge >= 0.3 is 0 Å². The Morgan fingerprint density at radius 3 is 2.65 bits per heavy atom. The second-order valence-electron chi connectivity index (χ2n) is 5.48. The van der Waals surface area contributed by atoms with Crippen molar-refractivity contribution < 1.29 is 9.21 Å². The highest BCUT2D eigenvalue weighted by Gasteiger charge is 2.27. The number of anilines is 1. The zero-order valence-electron chi connectivity index (χ0n) is 12.3. The Morgan fingerprint density at radius 2 is 1.78 bits per heavy atom. The summed E-state index contributed by atoms with van der Waals surface area (Å²) in [7, 11) is 0. The maximum absolute atomic E-state index is 12.7. The Kier molecular flexibility index (Phi) is 3.43. The van der Waals surface area contributed by atoms with E-state index in [0.717, 1.165) is 17.7 Å². The predicted octanol–water partition coefficient (Wildman–Crippen LogP) is 4.80. The van der Waals surface area contributed by atoms with E-state index in [4.69, 9.17) is 16.0 Å². The largest absolute Gasteiger partial charge is 0.451 e. The van der Waals surface area contributed by atoms with Crippen LogP contribution >= 0.6 is 11.6 Å². The van der Waals surface area contributed by atoms with Gasteiger partial charge < -0.3 is 9.32 Å². The summed E-state index contributed by atoms with van der Waals surface area (Å²) in [6.45, 7) is 0.681. The average Bonchev–Trinajstić information content (AvgIpc) is 3.22. The standard InChI is InChI=1S/C19H14ClNO2/c20-15-7-3-2-6-14(15)17-9-10-18(23-17)19(22)21-12-11-13-5-1-4-8-16(13)21/h1-10H,11-12H2. The molecule has 1 aliphatic heterocycles. The Labute approximate surface area is 139 Å². The van der Waals surface area contributed by atoms with Crippen molar-refractivity contribution in [3.63, 3.8) is 0 Å². The molecule has 0 saturated heterocycles. The van der Waals surface area contributed by atoms with E-state index in [1.165, 1.54) is 5.56 Å². The van der Waals surface area contributed by atoms with Gasteiger partial charge in [0.25, 0.3) is 5.91 Å². The number of rotatable bonds is 2. The molecule has 3 aromatic rings. The number of benzene rings is 2. The quantitative estimate of drug-likeness (QED) is 0.678. The monoisotopic (exact) mass is 323 g/mol. The van der Waals surface area contributed by atoms with Gasteiger partial charge in [-0.2, -0.15) is 0 Å². The van der Waals surface area contributed by atoms with Gasteiger partial charge in [0.1, 0.15) is 5.76 Å². The molecular weight excluding hydrogens is 310 g/mol. The second-order valence-corrected chi connectivity index (χ2v) is 5.89. The molecule has 2 aromatic carbocycles. The molecule has 0 atom stereocenters. The zero-order valence-corrected chi connectivity index (χ0v) is 13.1. The Hall–Kier alpha value is -2.52. The molecule has 0 saturated carbocycles. The highest BCUT2D eigenvalue weighted by molar-refractivity contribution is 6.33. The molecule has 1 aliphatic rings. The Bertz CT molecular complexity index is 884. The molecule has 0 aliphatic carbocycles. The van der Waals surface area contributed by atoms with Gasteiger partial charge in [-0.1, -0.05) is 41.9 Å². The third kappa shape index (κ3) is 2.43. The Morgan fingerprint density at radius 1 is 1.00 bits per heavy atom. The van der Waals surface area contributed by atoms with E-state index in [2.05, 4.69) is 6.07 Å². The summed E-state index contributed by atoms with van der Waals surface area (Å²) in [6.07, 6.45) is 0.875. The van der Waals surface area contributed by atoms with Crippen molar-refractivity contribution in [2.45, 2.75) is 6.42 Å². The number of nitrogens with zero attached hydrogens (tertiary/aromatic N) is 1. The van der Waals surface area contributed by atoms with Gasteiger partial charge in [-0.05, 0) is 42.3 Å². The molecule has 1 amide bonds. The molecule has 0 spiro atoms. The van der Waals surface area contributed by atoms with Crippen molar-refractivity contribution in [3.05, 3.63) is 77.0 Å². The van der Waals surface area contributed by atoms with Gasteiger partial charge in [0, 0.05) is 17.8 Å². The van der Waals surface area contributed by atoms with Crippen LogP contribution in [0.1, 0.15) is 16.1 Å². The molecule has 4 heteroatoms. The average molecular weight is 324 g/mol. The van der Waals surface area contributed by atoms with Crippen molar-refractivity contribution in [1.82, 2.24) is 0 Å². The number of amides is 1. The van der Waals surface area contributed by atoms with Gasteiger partial charge in [-0.25, -0.2) is 0 Å². The van der Waals surface area contributed by atoms with Crippen molar-refractivity contribution in [1.29, 1.82) is 0 Å². The highest BCUT2D eigenvalue weighted by Crippen LogP contribution is 2.32. The molecule has 0 bridgehead atoms. The molecule has 0 unspecified atom stereocenters. The van der Waals surface area contributed by atoms with Crippen LogP contribution in [0.2, 0.25) is 5.02 Å². The van der Waals surface area contributed by atoms with Crippen molar-refractivity contribution in [2.75, 3.05) is 11.4 Å². The first kappa shape index (κ1) is 14.1. The first-order valence-electron chi connectivity index (χ1n) is 7.48. The van der Waals surface area contributed by atoms with Crippen LogP contribution in [0.5, 0.6) is 0 Å². The van der Waals surface area contributed by atoms with E-state index in [1.807, 2.05) is 36.4 Å². The molecular formula is C19H14ClNO2. The predicted molar refractivity (Wildman–Crippen MR) is 91.0 cm³/mol. The van der Waals surface area contributed by atoms with Gasteiger partial charge in [0.2, 0.25) is 0 Å². The number of furan rings is 1. The molecule has 114 valence electrons. The molecule has 2 heterocycles. The van der Waals surface area contributed by atoms with E-state index in [0.29, 0.717) is 23.1 Å². The molecule has 23 heavy (non-hydrogen) atoms. The van der Waals surface area contributed by atoms with Gasteiger partial charge in [0.05, 0.1) is 5.02 Å². The molecule has 3 nitrogen and oxygen atoms in total. The maximum Gasteiger partial charge on any atom is 0.294 e. The lowest BCUT2D eigenvalue weighted by Crippen LogP contribution is -2.28. The lowest BCUT2D eigenvalue weighted by molar-refractivity contribution is 0.0963. The van der Waals surface area contributed by atoms with Crippen molar-refractivity contribution in [3.8, 4) is 11.3 Å². The summed E-state index contributed by atoms with van der Waals surface area (Å²) >= 11 is 6.19. The third-order valence-corrected chi connectivity index (χ3v) is 4.42. The number of hydrogen-bond donors (Lipinski definition) is 0. The number of para-hydroxylation sites is 1. The number of hydrogen-bond acceptors (Lipinski definition) is 2. The SMILES string of the molecule is O=C(c1ccc(-c2ccccc2Cl)o1)N1CCc2ccccc21. The first-order valence-corrected chi connectivity index (χ1v) is 7.86. The fourth-order valence-corrected chi connectivity index (χ4v) is 3.17. The number of halogens is 1. The highest BCUT2D eigenvalue weighted by atomic mass is 35.5. The zero-order chi connectivity index (χ0) is 15.8. The number of fused-ring (bicyclic) bond motifs is 1. The summed E-state index contributed by atoms with van der Waals surface area (Å²) in [5.74, 6) is 0.816. The van der Waals surface area contributed by atoms with Crippen LogP contribution in [0.25, 0.3) is 11.3 Å². The summed E-state index contributed by atoms with van der Waals surface area (Å²) in [6, 6.07) is 18.9. The van der Waals surface area contributed by atoms with Gasteiger partial charge in [0.15, 0.2) is 5.76 Å². The Balaban J connectivity index is 1.65. The lowest BCUT2D eigenvalue weighted by atomic mass is 10.2. The van der Waals surface area contributed by atoms with Crippen LogP contribution in [0.3, 0.4) is 0 Å². The summed E-state index contributed by atoms with van der Waals surface area (Å²) < 4.78 is 5.76. The van der Waals surface area contributed by atoms with Crippen LogP contribution < -0.4 is 4.90 Å². The fraction of sp³-hybridized carbons (Fsp3) is 0.105. The van der Waals surface area contributed by atoms with Gasteiger partial charge in [-0.3, -0.25) is 4.79 Å². The summed E-state index contributed by atoms with van der Waals surface area (Å²) in [5, 5.41) is 0.604. The molecule has 0 N–H and O–H groups in total. The fourth-order valence-electron chi connectivity index (χ4n) is 2.94. The smallest absolute Gasteiger partial charge is 0.294 e. The number of carbonyl (C=O) groups excluding carboxylic acids is 1. The molecule has 0 radical (unpaired) electrons. The van der Waals surface area contributed by atoms with Crippen molar-refractivity contribution >= 4 is 23.2 Å². The van der Waals surface area contributed by atoms with Crippen molar-refractivity contribution in [2.24, 2.45) is 0 Å². The summed E-state index contributed by atoms with van der Waals surface area (Å²) in [4.78, 5) is 14.5. The van der Waals surface area contributed by atoms with Crippen LogP contribution in [-0.2, 0) is 6.42 Å². The van der Waals surface area contributed by atoms with E-state index in [9.17, 15) is 4.79 Å². The molecule has 4 rings (SSSR count). The van der Waals surface area contributed by atoms with Crippen LogP contribution in [0.4, 0.5) is 5.69 Å². The summed E-state index contributed by atoms with van der Waals surface area (Å²) in [5.41, 5.74) is 2.95. The minimum absolute atomic E-state index is 0.117. The number of carbonyl (C=O) groups is 1. The van der Waals surface area contributed by atoms with Crippen LogP contribution in [-0.4, -0.2) is 12.5 Å². The third-order valence-electron chi connectivity index (χ3n) is 4.09. The van der Waals surface area contributed by atoms with Gasteiger partial charge in [-0.15, -0.1) is 0 Å². The van der Waals surface area contributed by atoms with E-state index in [1.54, 1.807) is 23.1 Å². The van der Waals surface area contributed by atoms with E-state index < -0.39 is 0 Å². The second kappa shape index (κ2) is 5.60. The topological polar surface area (TPSA) is 33.5 Å². The molecule has 0 fully saturated rings. The minimum Gasteiger partial charge on any atom is -0.451 e. The minimum atomic E-state index is -0.117. The normalized spacial score (nSPS) is 13.2. The maximum atomic E-state index is 12.7. The first-order chi connectivity index (χ1) is 11.2. The molecule has 1 aromatic heterocycles. The van der Waals surface area contributed by atoms with Crippen LogP contribution in [0, 0.1) is 0 Å². The van der Waals surface area contributed by atoms with E-state index in [-0.39, 0.29) is 5.91 Å². The van der Waals surface area contributed by atoms with Crippen LogP contribution in [0.15, 0.2) is 65.1 Å².